The van der Waals surface area contributed by atoms with Crippen molar-refractivity contribution in [3.05, 3.63) is 58.6 Å². The van der Waals surface area contributed by atoms with Gasteiger partial charge in [-0.05, 0) is 61.7 Å². The third-order valence-corrected chi connectivity index (χ3v) is 4.83. The summed E-state index contributed by atoms with van der Waals surface area (Å²) < 4.78 is 5.63. The Morgan fingerprint density at radius 1 is 1.20 bits per heavy atom. The van der Waals surface area contributed by atoms with Crippen LogP contribution in [0.5, 0.6) is 0 Å². The topological polar surface area (TPSA) is 91.8 Å². The lowest BCUT2D eigenvalue weighted by Crippen LogP contribution is -2.37. The van der Waals surface area contributed by atoms with Crippen LogP contribution in [0.3, 0.4) is 0 Å². The van der Waals surface area contributed by atoms with E-state index in [4.69, 9.17) is 16.3 Å². The highest BCUT2D eigenvalue weighted by Crippen LogP contribution is 2.20. The zero-order chi connectivity index (χ0) is 21.5. The third-order valence-electron chi connectivity index (χ3n) is 4.60. The quantitative estimate of drug-likeness (QED) is 0.496. The summed E-state index contributed by atoms with van der Waals surface area (Å²) in [4.78, 5) is 28.6. The minimum Gasteiger partial charge on any atom is -0.376 e. The number of amides is 2. The molecule has 2 amide bonds. The summed E-state index contributed by atoms with van der Waals surface area (Å²) >= 11 is 6.04. The van der Waals surface area contributed by atoms with Gasteiger partial charge in [0.25, 0.3) is 5.91 Å². The number of aliphatic imine (C=N–C) groups is 1. The molecule has 1 fully saturated rings. The number of aryl methyl sites for hydroxylation is 1. The molecule has 0 saturated carbocycles. The van der Waals surface area contributed by atoms with Crippen molar-refractivity contribution in [2.45, 2.75) is 32.8 Å². The van der Waals surface area contributed by atoms with E-state index in [2.05, 4.69) is 20.9 Å². The maximum atomic E-state index is 12.8. The number of guanidine groups is 1. The van der Waals surface area contributed by atoms with Gasteiger partial charge in [0, 0.05) is 35.5 Å². The first-order valence-corrected chi connectivity index (χ1v) is 10.2. The molecule has 1 aliphatic rings. The molecule has 158 valence electrons. The van der Waals surface area contributed by atoms with Crippen LogP contribution in [0.4, 0.5) is 11.4 Å². The van der Waals surface area contributed by atoms with E-state index in [0.29, 0.717) is 28.8 Å². The summed E-state index contributed by atoms with van der Waals surface area (Å²) in [5.74, 6) is -0.218. The van der Waals surface area contributed by atoms with Gasteiger partial charge in [-0.1, -0.05) is 17.7 Å². The first-order valence-electron chi connectivity index (χ1n) is 9.79. The fourth-order valence-corrected chi connectivity index (χ4v) is 3.33. The van der Waals surface area contributed by atoms with Crippen molar-refractivity contribution in [3.63, 3.8) is 0 Å². The average Bonchev–Trinajstić information content (AvgIpc) is 3.21. The Bertz CT molecular complexity index is 955. The molecule has 8 heteroatoms. The summed E-state index contributed by atoms with van der Waals surface area (Å²) in [5.41, 5.74) is 2.67. The lowest BCUT2D eigenvalue weighted by Gasteiger charge is -2.15. The predicted molar refractivity (Wildman–Crippen MR) is 119 cm³/mol. The number of nitrogens with zero attached hydrogens (tertiary/aromatic N) is 1. The Balaban J connectivity index is 1.77. The normalized spacial score (nSPS) is 16.2. The van der Waals surface area contributed by atoms with Gasteiger partial charge in [-0.2, -0.15) is 0 Å². The molecule has 1 unspecified atom stereocenters. The van der Waals surface area contributed by atoms with Gasteiger partial charge in [-0.25, -0.2) is 4.99 Å². The third kappa shape index (κ3) is 6.30. The fourth-order valence-electron chi connectivity index (χ4n) is 3.11. The van der Waals surface area contributed by atoms with Gasteiger partial charge in [0.2, 0.25) is 11.9 Å². The Morgan fingerprint density at radius 3 is 2.73 bits per heavy atom. The number of ether oxygens (including phenoxy) is 1. The number of rotatable bonds is 5. The van der Waals surface area contributed by atoms with Crippen LogP contribution in [0.25, 0.3) is 0 Å². The zero-order valence-corrected chi connectivity index (χ0v) is 17.8. The molecule has 0 radical (unpaired) electrons. The smallest absolute Gasteiger partial charge is 0.258 e. The van der Waals surface area contributed by atoms with Crippen LogP contribution in [0.1, 0.15) is 35.7 Å². The molecule has 2 aromatic carbocycles. The first-order chi connectivity index (χ1) is 14.4. The second kappa shape index (κ2) is 10.2. The fraction of sp³-hybridized carbons (Fsp3) is 0.318. The van der Waals surface area contributed by atoms with Crippen molar-refractivity contribution < 1.29 is 14.3 Å². The van der Waals surface area contributed by atoms with Crippen LogP contribution in [0, 0.1) is 6.92 Å². The van der Waals surface area contributed by atoms with Crippen molar-refractivity contribution in [1.29, 1.82) is 0 Å². The molecule has 3 rings (SSSR count). The summed E-state index contributed by atoms with van der Waals surface area (Å²) in [6, 6.07) is 12.2. The Kier molecular flexibility index (Phi) is 7.43. The molecule has 3 N–H and O–H groups in total. The van der Waals surface area contributed by atoms with Gasteiger partial charge in [-0.15, -0.1) is 0 Å². The minimum atomic E-state index is -0.340. The number of hydrogen-bond acceptors (Lipinski definition) is 4. The second-order valence-electron chi connectivity index (χ2n) is 7.12. The maximum absolute atomic E-state index is 12.8. The van der Waals surface area contributed by atoms with Crippen LogP contribution >= 0.6 is 11.6 Å². The highest BCUT2D eigenvalue weighted by Gasteiger charge is 2.16. The molecule has 0 aromatic heterocycles. The predicted octanol–water partition coefficient (Wildman–Crippen LogP) is 3.98. The summed E-state index contributed by atoms with van der Waals surface area (Å²) in [7, 11) is 0. The van der Waals surface area contributed by atoms with E-state index in [1.54, 1.807) is 30.3 Å². The summed E-state index contributed by atoms with van der Waals surface area (Å²) in [6.45, 7) is 4.52. The van der Waals surface area contributed by atoms with Crippen molar-refractivity contribution in [3.8, 4) is 0 Å². The van der Waals surface area contributed by atoms with Crippen LogP contribution in [0.2, 0.25) is 5.02 Å². The molecular weight excluding hydrogens is 404 g/mol. The van der Waals surface area contributed by atoms with Gasteiger partial charge in [-0.3, -0.25) is 14.9 Å². The lowest BCUT2D eigenvalue weighted by atomic mass is 10.2. The molecule has 1 saturated heterocycles. The van der Waals surface area contributed by atoms with E-state index in [-0.39, 0.29) is 17.9 Å². The minimum absolute atomic E-state index is 0.0492. The second-order valence-corrected chi connectivity index (χ2v) is 7.56. The Morgan fingerprint density at radius 2 is 2.03 bits per heavy atom. The van der Waals surface area contributed by atoms with E-state index in [1.165, 1.54) is 6.92 Å². The van der Waals surface area contributed by atoms with Gasteiger partial charge < -0.3 is 15.4 Å². The molecule has 0 bridgehead atoms. The van der Waals surface area contributed by atoms with Gasteiger partial charge >= 0.3 is 0 Å². The molecule has 1 heterocycles. The number of carbonyl (C=O) groups is 2. The van der Waals surface area contributed by atoms with Crippen molar-refractivity contribution >= 4 is 40.7 Å². The number of carbonyl (C=O) groups excluding carboxylic acids is 2. The highest BCUT2D eigenvalue weighted by atomic mass is 35.5. The van der Waals surface area contributed by atoms with Crippen molar-refractivity contribution in [2.24, 2.45) is 4.99 Å². The largest absolute Gasteiger partial charge is 0.376 e. The Labute approximate surface area is 180 Å². The molecule has 0 aliphatic carbocycles. The van der Waals surface area contributed by atoms with Crippen molar-refractivity contribution in [2.75, 3.05) is 23.8 Å². The van der Waals surface area contributed by atoms with E-state index in [0.717, 1.165) is 30.7 Å². The molecule has 2 aromatic rings. The molecular formula is C22H25ClN4O3. The van der Waals surface area contributed by atoms with Crippen LogP contribution in [0.15, 0.2) is 47.5 Å². The zero-order valence-electron chi connectivity index (χ0n) is 17.0. The van der Waals surface area contributed by atoms with E-state index in [9.17, 15) is 9.59 Å². The van der Waals surface area contributed by atoms with E-state index >= 15 is 0 Å². The van der Waals surface area contributed by atoms with Gasteiger partial charge in [0.1, 0.15) is 0 Å². The molecule has 1 aliphatic heterocycles. The molecule has 1 atom stereocenters. The Hall–Kier alpha value is -2.90. The SMILES string of the molecule is CC(=O)Nc1cccc(C(=O)NC(=NCC2CCCO2)Nc2ccc(Cl)cc2C)c1. The number of halogens is 1. The highest BCUT2D eigenvalue weighted by molar-refractivity contribution is 6.30. The standard InChI is InChI=1S/C22H25ClN4O3/c1-14-11-17(23)8-9-20(14)26-22(24-13-19-7-4-10-30-19)27-21(29)16-5-3-6-18(12-16)25-15(2)28/h3,5-6,8-9,11-12,19H,4,7,10,13H2,1-2H3,(H,25,28)(H2,24,26,27,29). The number of hydrogen-bond donors (Lipinski definition) is 3. The van der Waals surface area contributed by atoms with Crippen LogP contribution < -0.4 is 16.0 Å². The summed E-state index contributed by atoms with van der Waals surface area (Å²) in [6.07, 6.45) is 2.01. The number of anilines is 2. The molecule has 30 heavy (non-hydrogen) atoms. The number of benzene rings is 2. The molecule has 7 nitrogen and oxygen atoms in total. The monoisotopic (exact) mass is 428 g/mol. The number of nitrogens with one attached hydrogen (secondary N) is 3. The van der Waals surface area contributed by atoms with Crippen molar-refractivity contribution in [1.82, 2.24) is 5.32 Å². The van der Waals surface area contributed by atoms with Crippen LogP contribution in [-0.4, -0.2) is 37.0 Å². The van der Waals surface area contributed by atoms with Gasteiger partial charge in [0.15, 0.2) is 0 Å². The first kappa shape index (κ1) is 21.8. The van der Waals surface area contributed by atoms with Crippen LogP contribution in [-0.2, 0) is 9.53 Å². The van der Waals surface area contributed by atoms with E-state index < -0.39 is 0 Å². The molecule has 0 spiro atoms. The summed E-state index contributed by atoms with van der Waals surface area (Å²) in [5, 5.41) is 9.32. The lowest BCUT2D eigenvalue weighted by molar-refractivity contribution is -0.114. The average molecular weight is 429 g/mol. The maximum Gasteiger partial charge on any atom is 0.258 e. The van der Waals surface area contributed by atoms with Gasteiger partial charge in [0.05, 0.1) is 12.6 Å². The van der Waals surface area contributed by atoms with E-state index in [1.807, 2.05) is 19.1 Å².